The minimum Gasteiger partial charge on any atom is -0.493 e. The number of Topliss-reactive ketones (excluding diaryl/α,β-unsaturated/α-hetero) is 1. The van der Waals surface area contributed by atoms with Gasteiger partial charge in [-0.25, -0.2) is 0 Å². The van der Waals surface area contributed by atoms with Crippen LogP contribution in [-0.4, -0.2) is 12.4 Å². The van der Waals surface area contributed by atoms with E-state index < -0.39 is 0 Å². The lowest BCUT2D eigenvalue weighted by molar-refractivity contribution is 0.101. The lowest BCUT2D eigenvalue weighted by atomic mass is 10.0. The van der Waals surface area contributed by atoms with E-state index in [1.807, 2.05) is 19.9 Å². The van der Waals surface area contributed by atoms with Crippen LogP contribution in [0.25, 0.3) is 0 Å². The molecule has 0 fully saturated rings. The maximum atomic E-state index is 11.4. The van der Waals surface area contributed by atoms with Gasteiger partial charge in [0, 0.05) is 11.8 Å². The Morgan fingerprint density at radius 1 is 1.40 bits per heavy atom. The second-order valence-electron chi connectivity index (χ2n) is 3.39. The van der Waals surface area contributed by atoms with Gasteiger partial charge in [-0.1, -0.05) is 6.92 Å². The molecular formula is C12H17NO2. The Balaban J connectivity index is 3.25. The van der Waals surface area contributed by atoms with Gasteiger partial charge in [-0.2, -0.15) is 0 Å². The number of hydrogen-bond acceptors (Lipinski definition) is 3. The predicted octanol–water partition coefficient (Wildman–Crippen LogP) is 2.43. The molecule has 0 radical (unpaired) electrons. The van der Waals surface area contributed by atoms with Crippen molar-refractivity contribution in [2.75, 3.05) is 12.3 Å². The zero-order valence-electron chi connectivity index (χ0n) is 9.46. The molecule has 0 unspecified atom stereocenters. The van der Waals surface area contributed by atoms with Crippen molar-refractivity contribution < 1.29 is 9.53 Å². The van der Waals surface area contributed by atoms with Gasteiger partial charge in [0.25, 0.3) is 0 Å². The standard InChI is InChI=1S/C12H17NO2/c1-4-9-6-10(8(3)14)12(15-5-2)7-11(9)13/h6-7H,4-5,13H2,1-3H3. The van der Waals surface area contributed by atoms with Gasteiger partial charge in [0.1, 0.15) is 5.75 Å². The van der Waals surface area contributed by atoms with Gasteiger partial charge in [0.05, 0.1) is 12.2 Å². The molecule has 3 heteroatoms. The molecule has 0 aromatic heterocycles. The molecule has 0 heterocycles. The van der Waals surface area contributed by atoms with E-state index in [1.165, 1.54) is 6.92 Å². The maximum Gasteiger partial charge on any atom is 0.163 e. The Morgan fingerprint density at radius 2 is 2.07 bits per heavy atom. The fraction of sp³-hybridized carbons (Fsp3) is 0.417. The first-order valence-corrected chi connectivity index (χ1v) is 5.16. The molecule has 0 atom stereocenters. The molecule has 0 aliphatic carbocycles. The summed E-state index contributed by atoms with van der Waals surface area (Å²) in [6.07, 6.45) is 0.818. The van der Waals surface area contributed by atoms with Crippen molar-refractivity contribution in [2.45, 2.75) is 27.2 Å². The summed E-state index contributed by atoms with van der Waals surface area (Å²) in [5.74, 6) is 0.591. The van der Waals surface area contributed by atoms with Crippen LogP contribution < -0.4 is 10.5 Å². The number of nitrogen functional groups attached to an aromatic ring is 1. The molecule has 0 saturated heterocycles. The molecule has 1 rings (SSSR count). The van der Waals surface area contributed by atoms with E-state index in [9.17, 15) is 4.79 Å². The molecule has 0 aliphatic heterocycles. The number of anilines is 1. The first-order chi connectivity index (χ1) is 7.10. The van der Waals surface area contributed by atoms with Crippen molar-refractivity contribution in [3.63, 3.8) is 0 Å². The zero-order valence-corrected chi connectivity index (χ0v) is 9.46. The van der Waals surface area contributed by atoms with E-state index in [0.29, 0.717) is 23.6 Å². The molecule has 3 nitrogen and oxygen atoms in total. The van der Waals surface area contributed by atoms with E-state index >= 15 is 0 Å². The Morgan fingerprint density at radius 3 is 2.53 bits per heavy atom. The van der Waals surface area contributed by atoms with E-state index in [1.54, 1.807) is 6.07 Å². The number of carbonyl (C=O) groups is 1. The van der Waals surface area contributed by atoms with E-state index in [0.717, 1.165) is 12.0 Å². The molecule has 0 spiro atoms. The first-order valence-electron chi connectivity index (χ1n) is 5.16. The van der Waals surface area contributed by atoms with Crippen LogP contribution in [0.4, 0.5) is 5.69 Å². The highest BCUT2D eigenvalue weighted by molar-refractivity contribution is 5.97. The number of hydrogen-bond donors (Lipinski definition) is 1. The average molecular weight is 207 g/mol. The summed E-state index contributed by atoms with van der Waals surface area (Å²) in [7, 11) is 0. The molecule has 0 amide bonds. The number of aryl methyl sites for hydroxylation is 1. The van der Waals surface area contributed by atoms with E-state index in [2.05, 4.69) is 0 Å². The van der Waals surface area contributed by atoms with Gasteiger partial charge in [-0.05, 0) is 31.9 Å². The Bertz CT molecular complexity index is 372. The van der Waals surface area contributed by atoms with Crippen LogP contribution in [0.2, 0.25) is 0 Å². The number of benzene rings is 1. The lowest BCUT2D eigenvalue weighted by Crippen LogP contribution is -2.04. The summed E-state index contributed by atoms with van der Waals surface area (Å²) in [6.45, 7) is 5.96. The number of carbonyl (C=O) groups excluding carboxylic acids is 1. The normalized spacial score (nSPS) is 10.1. The lowest BCUT2D eigenvalue weighted by Gasteiger charge is -2.11. The largest absolute Gasteiger partial charge is 0.493 e. The topological polar surface area (TPSA) is 52.3 Å². The molecule has 2 N–H and O–H groups in total. The van der Waals surface area contributed by atoms with Crippen molar-refractivity contribution in [1.29, 1.82) is 0 Å². The average Bonchev–Trinajstić information content (AvgIpc) is 2.18. The fourth-order valence-corrected chi connectivity index (χ4v) is 1.50. The van der Waals surface area contributed by atoms with Crippen LogP contribution in [0.5, 0.6) is 5.75 Å². The van der Waals surface area contributed by atoms with Crippen LogP contribution >= 0.6 is 0 Å². The number of ether oxygens (including phenoxy) is 1. The summed E-state index contributed by atoms with van der Waals surface area (Å²) in [5.41, 5.74) is 8.13. The molecule has 1 aromatic carbocycles. The van der Waals surface area contributed by atoms with Gasteiger partial charge >= 0.3 is 0 Å². The summed E-state index contributed by atoms with van der Waals surface area (Å²) in [6, 6.07) is 3.56. The third-order valence-corrected chi connectivity index (χ3v) is 2.30. The van der Waals surface area contributed by atoms with Crippen molar-refractivity contribution in [3.8, 4) is 5.75 Å². The first kappa shape index (κ1) is 11.6. The van der Waals surface area contributed by atoms with Crippen LogP contribution in [-0.2, 0) is 6.42 Å². The fourth-order valence-electron chi connectivity index (χ4n) is 1.50. The van der Waals surface area contributed by atoms with Crippen LogP contribution in [0.3, 0.4) is 0 Å². The van der Waals surface area contributed by atoms with Gasteiger partial charge < -0.3 is 10.5 Å². The Labute approximate surface area is 90.2 Å². The van der Waals surface area contributed by atoms with Crippen molar-refractivity contribution in [2.24, 2.45) is 0 Å². The van der Waals surface area contributed by atoms with Gasteiger partial charge in [0.2, 0.25) is 0 Å². The second kappa shape index (κ2) is 4.82. The Hall–Kier alpha value is -1.51. The molecular weight excluding hydrogens is 190 g/mol. The highest BCUT2D eigenvalue weighted by atomic mass is 16.5. The molecule has 0 bridgehead atoms. The van der Waals surface area contributed by atoms with E-state index in [4.69, 9.17) is 10.5 Å². The smallest absolute Gasteiger partial charge is 0.163 e. The minimum absolute atomic E-state index is 0.00755. The van der Waals surface area contributed by atoms with Crippen molar-refractivity contribution in [1.82, 2.24) is 0 Å². The number of ketones is 1. The third-order valence-electron chi connectivity index (χ3n) is 2.30. The van der Waals surface area contributed by atoms with Crippen LogP contribution in [0.1, 0.15) is 36.7 Å². The summed E-state index contributed by atoms with van der Waals surface area (Å²) >= 11 is 0. The number of rotatable bonds is 4. The van der Waals surface area contributed by atoms with Crippen LogP contribution in [0, 0.1) is 0 Å². The second-order valence-corrected chi connectivity index (χ2v) is 3.39. The van der Waals surface area contributed by atoms with Gasteiger partial charge in [-0.15, -0.1) is 0 Å². The van der Waals surface area contributed by atoms with Gasteiger partial charge in [0.15, 0.2) is 5.78 Å². The third kappa shape index (κ3) is 2.49. The summed E-state index contributed by atoms with van der Waals surface area (Å²) < 4.78 is 5.38. The van der Waals surface area contributed by atoms with Crippen molar-refractivity contribution >= 4 is 11.5 Å². The molecule has 82 valence electrons. The van der Waals surface area contributed by atoms with E-state index in [-0.39, 0.29) is 5.78 Å². The van der Waals surface area contributed by atoms with Crippen LogP contribution in [0.15, 0.2) is 12.1 Å². The molecule has 1 aromatic rings. The molecule has 15 heavy (non-hydrogen) atoms. The quantitative estimate of drug-likeness (QED) is 0.609. The molecule has 0 aliphatic rings. The SMILES string of the molecule is CCOc1cc(N)c(CC)cc1C(C)=O. The highest BCUT2D eigenvalue weighted by Crippen LogP contribution is 2.26. The monoisotopic (exact) mass is 207 g/mol. The van der Waals surface area contributed by atoms with Crippen molar-refractivity contribution in [3.05, 3.63) is 23.3 Å². The summed E-state index contributed by atoms with van der Waals surface area (Å²) in [4.78, 5) is 11.4. The predicted molar refractivity (Wildman–Crippen MR) is 61.4 cm³/mol. The summed E-state index contributed by atoms with van der Waals surface area (Å²) in [5, 5.41) is 0. The van der Waals surface area contributed by atoms with Gasteiger partial charge in [-0.3, -0.25) is 4.79 Å². The Kier molecular flexibility index (Phi) is 3.72. The number of nitrogens with two attached hydrogens (primary N) is 1. The maximum absolute atomic E-state index is 11.4. The highest BCUT2D eigenvalue weighted by Gasteiger charge is 2.11. The minimum atomic E-state index is 0.00755. The zero-order chi connectivity index (χ0) is 11.4. The molecule has 0 saturated carbocycles.